The van der Waals surface area contributed by atoms with Gasteiger partial charge in [-0.25, -0.2) is 0 Å². The van der Waals surface area contributed by atoms with Gasteiger partial charge in [-0.3, -0.25) is 14.4 Å². The van der Waals surface area contributed by atoms with Gasteiger partial charge in [-0.15, -0.1) is 0 Å². The van der Waals surface area contributed by atoms with Gasteiger partial charge in [0.25, 0.3) is 0 Å². The number of carbonyl (C=O) groups is 3. The van der Waals surface area contributed by atoms with Crippen LogP contribution < -0.4 is 20.2 Å². The lowest BCUT2D eigenvalue weighted by Gasteiger charge is -2.33. The molecule has 0 saturated carbocycles. The molecule has 0 amide bonds. The molecule has 0 bridgehead atoms. The van der Waals surface area contributed by atoms with Crippen LogP contribution in [0.1, 0.15) is 95.8 Å². The molecule has 1 aliphatic carbocycles. The number of nitrogens with zero attached hydrogens (tertiary/aromatic N) is 2. The molecule has 0 saturated heterocycles. The number of rotatable bonds is 15. The number of anilines is 1. The number of hydrogen-bond donors (Lipinski definition) is 3. The van der Waals surface area contributed by atoms with Crippen molar-refractivity contribution in [1.29, 1.82) is 0 Å². The second kappa shape index (κ2) is 14.4. The molecule has 1 unspecified atom stereocenters. The molecule has 51 heavy (non-hydrogen) atoms. The van der Waals surface area contributed by atoms with Crippen LogP contribution >= 0.6 is 7.60 Å². The van der Waals surface area contributed by atoms with Crippen LogP contribution in [0.2, 0.25) is 0 Å². The van der Waals surface area contributed by atoms with E-state index in [0.29, 0.717) is 55.7 Å². The van der Waals surface area contributed by atoms with Gasteiger partial charge in [0.2, 0.25) is 5.69 Å². The van der Waals surface area contributed by atoms with E-state index < -0.39 is 41.9 Å². The van der Waals surface area contributed by atoms with Crippen LogP contribution in [0, 0.1) is 6.92 Å². The fraction of sp³-hybridized carbons (Fsp3) is 0.436. The number of fused-ring (bicyclic) bond motifs is 2. The van der Waals surface area contributed by atoms with Gasteiger partial charge in [0.1, 0.15) is 6.54 Å². The number of hydrogen-bond acceptors (Lipinski definition) is 7. The van der Waals surface area contributed by atoms with Crippen molar-refractivity contribution in [1.82, 2.24) is 0 Å². The van der Waals surface area contributed by atoms with Gasteiger partial charge in [0.15, 0.2) is 19.1 Å². The van der Waals surface area contributed by atoms with E-state index in [9.17, 15) is 33.8 Å². The summed E-state index contributed by atoms with van der Waals surface area (Å²) in [6, 6.07) is 10.6. The van der Waals surface area contributed by atoms with Crippen molar-refractivity contribution >= 4 is 47.7 Å². The average molecular weight is 718 g/mol. The molecular weight excluding hydrogens is 671 g/mol. The third-order valence-corrected chi connectivity index (χ3v) is 11.3. The third kappa shape index (κ3) is 7.52. The number of carboxylic acids is 2. The molecular formula is C39H46N2O9P-. The first-order valence-corrected chi connectivity index (χ1v) is 19.0. The number of unbranched alkanes of at least 4 members (excludes halogenated alkanes) is 4. The molecule has 3 N–H and O–H groups in total. The lowest BCUT2D eigenvalue weighted by molar-refractivity contribution is -0.438. The van der Waals surface area contributed by atoms with Crippen LogP contribution in [0.5, 0.6) is 0 Å². The zero-order valence-corrected chi connectivity index (χ0v) is 30.7. The van der Waals surface area contributed by atoms with Crippen LogP contribution in [-0.2, 0) is 29.8 Å². The second-order valence-corrected chi connectivity index (χ2v) is 16.3. The van der Waals surface area contributed by atoms with Crippen molar-refractivity contribution in [3.05, 3.63) is 87.8 Å². The minimum absolute atomic E-state index is 0.0230. The van der Waals surface area contributed by atoms with Crippen LogP contribution in [0.15, 0.2) is 71.2 Å². The summed E-state index contributed by atoms with van der Waals surface area (Å²) in [5, 5.41) is 31.7. The summed E-state index contributed by atoms with van der Waals surface area (Å²) >= 11 is 0. The topological polar surface area (TPSA) is 181 Å². The Morgan fingerprint density at radius 2 is 1.53 bits per heavy atom. The molecule has 12 heteroatoms. The highest BCUT2D eigenvalue weighted by molar-refractivity contribution is 7.58. The van der Waals surface area contributed by atoms with E-state index >= 15 is 0 Å². The summed E-state index contributed by atoms with van der Waals surface area (Å²) < 4.78 is 14.0. The Labute approximate surface area is 298 Å². The summed E-state index contributed by atoms with van der Waals surface area (Å²) in [5.74, 6) is -2.48. The first-order chi connectivity index (χ1) is 23.9. The largest absolute Gasteiger partial charge is 0.871 e. The first kappa shape index (κ1) is 37.9. The average Bonchev–Trinajstić information content (AvgIpc) is 3.38. The van der Waals surface area contributed by atoms with Gasteiger partial charge in [-0.05, 0) is 76.3 Å². The standard InChI is InChI=1S/C39H47N2O9P/c1-24-14-16-30-28(20-24)38(2,3)32(40(30)18-10-6-8-12-34(42)43)22-26-36(46)27(37(26)47)23-33-39(4,5)29-21-25(51(48,49)50)15-17-31(29)41(33)19-11-7-9-13-35(44)45/h14-17,20-23H,6-13,18-19H2,1-5H3,(H4-,42,43,44,45,46,47,48,49,50)/p-1. The zero-order chi connectivity index (χ0) is 37.5. The Balaban J connectivity index is 1.52. The summed E-state index contributed by atoms with van der Waals surface area (Å²) in [6.45, 7) is 10.9. The van der Waals surface area contributed by atoms with Gasteiger partial charge >= 0.3 is 11.9 Å². The molecule has 1 atom stereocenters. The molecule has 2 aromatic carbocycles. The molecule has 2 aromatic rings. The lowest BCUT2D eigenvalue weighted by atomic mass is 9.77. The molecule has 5 rings (SSSR count). The van der Waals surface area contributed by atoms with Crippen molar-refractivity contribution in [3.8, 4) is 0 Å². The molecule has 3 aliphatic rings. The second-order valence-electron chi connectivity index (χ2n) is 14.7. The van der Waals surface area contributed by atoms with Crippen LogP contribution in [0.4, 0.5) is 11.4 Å². The first-order valence-electron chi connectivity index (χ1n) is 17.4. The molecule has 0 spiro atoms. The zero-order valence-electron chi connectivity index (χ0n) is 29.8. The number of ketones is 1. The number of allylic oxidation sites excluding steroid dienone is 5. The lowest BCUT2D eigenvalue weighted by Crippen LogP contribution is -2.35. The van der Waals surface area contributed by atoms with Crippen molar-refractivity contribution in [2.45, 2.75) is 96.8 Å². The summed E-state index contributed by atoms with van der Waals surface area (Å²) in [7, 11) is -4.80. The monoisotopic (exact) mass is 717 g/mol. The van der Waals surface area contributed by atoms with E-state index in [0.717, 1.165) is 35.4 Å². The van der Waals surface area contributed by atoms with Gasteiger partial charge in [0, 0.05) is 76.8 Å². The Morgan fingerprint density at radius 1 is 0.882 bits per heavy atom. The number of benzene rings is 2. The fourth-order valence-corrected chi connectivity index (χ4v) is 8.00. The van der Waals surface area contributed by atoms with E-state index in [1.54, 1.807) is 18.2 Å². The van der Waals surface area contributed by atoms with Crippen molar-refractivity contribution in [3.63, 3.8) is 0 Å². The highest BCUT2D eigenvalue weighted by Crippen LogP contribution is 2.49. The van der Waals surface area contributed by atoms with Crippen molar-refractivity contribution < 1.29 is 48.6 Å². The van der Waals surface area contributed by atoms with E-state index in [1.165, 1.54) is 12.1 Å². The summed E-state index contributed by atoms with van der Waals surface area (Å²) in [6.07, 6.45) is 7.19. The van der Waals surface area contributed by atoms with E-state index in [-0.39, 0.29) is 29.3 Å². The fourth-order valence-electron chi connectivity index (χ4n) is 7.45. The van der Waals surface area contributed by atoms with Crippen molar-refractivity contribution in [2.75, 3.05) is 18.0 Å². The van der Waals surface area contributed by atoms with Crippen LogP contribution in [-0.4, -0.2) is 56.2 Å². The summed E-state index contributed by atoms with van der Waals surface area (Å²) in [5.41, 5.74) is 4.67. The maximum Gasteiger partial charge on any atom is 0.303 e. The minimum atomic E-state index is -4.80. The predicted molar refractivity (Wildman–Crippen MR) is 191 cm³/mol. The SMILES string of the molecule is Cc1ccc2c(c1)C(C)(C)/C(=C\C1=C([O-])C(=C/C3=[N+](CCCCCC(=O)O)c4ccc(P(=O)([O-])O)cc4C3(C)C)/C1=O)N2CCCCCC(=O)O. The molecule has 11 nitrogen and oxygen atoms in total. The van der Waals surface area contributed by atoms with Crippen LogP contribution in [0.25, 0.3) is 0 Å². The van der Waals surface area contributed by atoms with Gasteiger partial charge in [-0.2, -0.15) is 4.58 Å². The van der Waals surface area contributed by atoms with E-state index in [4.69, 9.17) is 10.2 Å². The maximum atomic E-state index is 13.9. The molecule has 2 heterocycles. The normalized spacial score (nSPS) is 20.1. The predicted octanol–water partition coefficient (Wildman–Crippen LogP) is 4.64. The van der Waals surface area contributed by atoms with Gasteiger partial charge < -0.3 is 34.6 Å². The highest BCUT2D eigenvalue weighted by Gasteiger charge is 2.46. The van der Waals surface area contributed by atoms with Gasteiger partial charge in [-0.1, -0.05) is 43.7 Å². The molecule has 0 fully saturated rings. The minimum Gasteiger partial charge on any atom is -0.871 e. The van der Waals surface area contributed by atoms with Crippen LogP contribution in [0.3, 0.4) is 0 Å². The van der Waals surface area contributed by atoms with E-state index in [1.807, 2.05) is 37.5 Å². The highest BCUT2D eigenvalue weighted by atomic mass is 31.2. The number of aliphatic carboxylic acids is 2. The Morgan fingerprint density at radius 3 is 2.14 bits per heavy atom. The smallest absolute Gasteiger partial charge is 0.303 e. The molecule has 2 aliphatic heterocycles. The Bertz CT molecular complexity index is 1960. The van der Waals surface area contributed by atoms with E-state index in [2.05, 4.69) is 24.8 Å². The molecule has 272 valence electrons. The molecule has 0 aromatic heterocycles. The number of aryl methyl sites for hydroxylation is 1. The third-order valence-electron chi connectivity index (χ3n) is 10.3. The Kier molecular flexibility index (Phi) is 10.7. The summed E-state index contributed by atoms with van der Waals surface area (Å²) in [4.78, 5) is 59.9. The number of carbonyl (C=O) groups excluding carboxylic acids is 1. The quantitative estimate of drug-likeness (QED) is 0.102. The maximum absolute atomic E-state index is 13.9. The number of carboxylic acid groups (broad SMARTS) is 2. The molecule has 0 radical (unpaired) electrons. The van der Waals surface area contributed by atoms with Crippen molar-refractivity contribution in [2.24, 2.45) is 0 Å². The van der Waals surface area contributed by atoms with Gasteiger partial charge in [0.05, 0.1) is 5.41 Å². The number of Topliss-reactive ketones (excluding diaryl/α,β-unsaturated/α-hetero) is 1. The Hall–Kier alpha value is -4.31.